The molecular formula is C22H24ClN5O3. The SMILES string of the molecule is CCCOC(=O)N1CCN(C(=O)c2ccc3c(Cl)cc(-c4cnn(C)c4)nc3c2)CC1. The number of amides is 2. The molecule has 1 aliphatic rings. The summed E-state index contributed by atoms with van der Waals surface area (Å²) in [6.07, 6.45) is 4.06. The van der Waals surface area contributed by atoms with Gasteiger partial charge in [-0.05, 0) is 24.6 Å². The zero-order chi connectivity index (χ0) is 22.0. The molecule has 1 aromatic carbocycles. The Bertz CT molecular complexity index is 1120. The predicted octanol–water partition coefficient (Wildman–Crippen LogP) is 3.59. The van der Waals surface area contributed by atoms with E-state index in [9.17, 15) is 9.59 Å². The van der Waals surface area contributed by atoms with Gasteiger partial charge in [0.25, 0.3) is 5.91 Å². The van der Waals surface area contributed by atoms with E-state index < -0.39 is 0 Å². The van der Waals surface area contributed by atoms with Gasteiger partial charge in [-0.3, -0.25) is 9.48 Å². The van der Waals surface area contributed by atoms with E-state index in [0.717, 1.165) is 17.4 Å². The number of hydrogen-bond acceptors (Lipinski definition) is 5. The van der Waals surface area contributed by atoms with Gasteiger partial charge in [-0.25, -0.2) is 9.78 Å². The molecule has 4 rings (SSSR count). The molecule has 0 radical (unpaired) electrons. The minimum atomic E-state index is -0.318. The predicted molar refractivity (Wildman–Crippen MR) is 118 cm³/mol. The van der Waals surface area contributed by atoms with Gasteiger partial charge in [0.1, 0.15) is 0 Å². The molecule has 3 heterocycles. The number of ether oxygens (including phenoxy) is 1. The Balaban J connectivity index is 1.52. The fourth-order valence-corrected chi connectivity index (χ4v) is 3.84. The van der Waals surface area contributed by atoms with Gasteiger partial charge < -0.3 is 14.5 Å². The number of fused-ring (bicyclic) bond motifs is 1. The van der Waals surface area contributed by atoms with E-state index >= 15 is 0 Å². The molecule has 1 saturated heterocycles. The van der Waals surface area contributed by atoms with Crippen LogP contribution in [0.15, 0.2) is 36.7 Å². The van der Waals surface area contributed by atoms with Crippen molar-refractivity contribution in [1.82, 2.24) is 24.6 Å². The average Bonchev–Trinajstić information content (AvgIpc) is 3.23. The number of hydrogen-bond donors (Lipinski definition) is 0. The minimum absolute atomic E-state index is 0.0896. The molecule has 0 spiro atoms. The van der Waals surface area contributed by atoms with Gasteiger partial charge in [-0.15, -0.1) is 0 Å². The second-order valence-corrected chi connectivity index (χ2v) is 7.92. The molecule has 0 bridgehead atoms. The van der Waals surface area contributed by atoms with E-state index in [1.54, 1.807) is 38.9 Å². The van der Waals surface area contributed by atoms with Gasteiger partial charge in [0.2, 0.25) is 0 Å². The van der Waals surface area contributed by atoms with Crippen molar-refractivity contribution in [3.05, 3.63) is 47.2 Å². The Morgan fingerprint density at radius 2 is 1.87 bits per heavy atom. The van der Waals surface area contributed by atoms with Crippen molar-refractivity contribution in [2.75, 3.05) is 32.8 Å². The maximum Gasteiger partial charge on any atom is 0.409 e. The summed E-state index contributed by atoms with van der Waals surface area (Å²) < 4.78 is 6.88. The summed E-state index contributed by atoms with van der Waals surface area (Å²) in [6.45, 7) is 4.19. The van der Waals surface area contributed by atoms with Crippen molar-refractivity contribution in [3.8, 4) is 11.3 Å². The van der Waals surface area contributed by atoms with E-state index in [1.165, 1.54) is 0 Å². The zero-order valence-corrected chi connectivity index (χ0v) is 18.3. The van der Waals surface area contributed by atoms with Crippen LogP contribution in [0.3, 0.4) is 0 Å². The molecule has 162 valence electrons. The smallest absolute Gasteiger partial charge is 0.409 e. The monoisotopic (exact) mass is 441 g/mol. The van der Waals surface area contributed by atoms with Crippen LogP contribution < -0.4 is 0 Å². The highest BCUT2D eigenvalue weighted by Gasteiger charge is 2.26. The van der Waals surface area contributed by atoms with Gasteiger partial charge in [0.05, 0.1) is 29.0 Å². The van der Waals surface area contributed by atoms with Gasteiger partial charge in [0, 0.05) is 55.9 Å². The van der Waals surface area contributed by atoms with Crippen LogP contribution >= 0.6 is 11.6 Å². The molecule has 0 N–H and O–H groups in total. The number of halogens is 1. The van der Waals surface area contributed by atoms with Crippen LogP contribution in [0, 0.1) is 0 Å². The molecule has 0 aliphatic carbocycles. The quantitative estimate of drug-likeness (QED) is 0.618. The maximum atomic E-state index is 13.1. The van der Waals surface area contributed by atoms with E-state index in [4.69, 9.17) is 21.3 Å². The Morgan fingerprint density at radius 3 is 2.55 bits per heavy atom. The molecule has 0 atom stereocenters. The van der Waals surface area contributed by atoms with Gasteiger partial charge in [-0.1, -0.05) is 24.6 Å². The zero-order valence-electron chi connectivity index (χ0n) is 17.5. The molecule has 8 nitrogen and oxygen atoms in total. The number of nitrogens with zero attached hydrogens (tertiary/aromatic N) is 5. The number of carbonyl (C=O) groups excluding carboxylic acids is 2. The van der Waals surface area contributed by atoms with Crippen LogP contribution in [0.5, 0.6) is 0 Å². The topological polar surface area (TPSA) is 80.6 Å². The molecule has 9 heteroatoms. The minimum Gasteiger partial charge on any atom is -0.449 e. The molecule has 1 aliphatic heterocycles. The average molecular weight is 442 g/mol. The van der Waals surface area contributed by atoms with E-state index in [-0.39, 0.29) is 12.0 Å². The lowest BCUT2D eigenvalue weighted by molar-refractivity contribution is 0.0560. The third kappa shape index (κ3) is 4.49. The largest absolute Gasteiger partial charge is 0.449 e. The summed E-state index contributed by atoms with van der Waals surface area (Å²) in [6, 6.07) is 7.16. The fourth-order valence-electron chi connectivity index (χ4n) is 3.58. The molecule has 31 heavy (non-hydrogen) atoms. The van der Waals surface area contributed by atoms with Crippen molar-refractivity contribution < 1.29 is 14.3 Å². The highest BCUT2D eigenvalue weighted by Crippen LogP contribution is 2.29. The third-order valence-corrected chi connectivity index (χ3v) is 5.57. The first-order valence-electron chi connectivity index (χ1n) is 10.3. The Kier molecular flexibility index (Phi) is 6.08. The number of benzene rings is 1. The number of aryl methyl sites for hydroxylation is 1. The number of rotatable bonds is 4. The standard InChI is InChI=1S/C22H24ClN5O3/c1-3-10-31-22(30)28-8-6-27(7-9-28)21(29)15-4-5-17-18(23)12-19(25-20(17)11-15)16-13-24-26(2)14-16/h4-5,11-14H,3,6-10H2,1-2H3. The van der Waals surface area contributed by atoms with E-state index in [2.05, 4.69) is 5.10 Å². The van der Waals surface area contributed by atoms with Crippen LogP contribution in [0.25, 0.3) is 22.2 Å². The molecular weight excluding hydrogens is 418 g/mol. The summed E-state index contributed by atoms with van der Waals surface area (Å²) in [5, 5.41) is 5.54. The van der Waals surface area contributed by atoms with Crippen molar-refractivity contribution in [1.29, 1.82) is 0 Å². The van der Waals surface area contributed by atoms with Gasteiger partial charge in [0.15, 0.2) is 0 Å². The normalized spacial score (nSPS) is 14.2. The van der Waals surface area contributed by atoms with Crippen molar-refractivity contribution >= 4 is 34.5 Å². The molecule has 1 fully saturated rings. The molecule has 2 amide bonds. The number of pyridine rings is 1. The summed E-state index contributed by atoms with van der Waals surface area (Å²) in [7, 11) is 1.84. The van der Waals surface area contributed by atoms with E-state index in [1.807, 2.05) is 26.2 Å². The van der Waals surface area contributed by atoms with Crippen molar-refractivity contribution in [2.24, 2.45) is 7.05 Å². The van der Waals surface area contributed by atoms with Crippen molar-refractivity contribution in [2.45, 2.75) is 13.3 Å². The lowest BCUT2D eigenvalue weighted by Gasteiger charge is -2.34. The van der Waals surface area contributed by atoms with E-state index in [0.29, 0.717) is 54.6 Å². The molecule has 2 aromatic heterocycles. The lowest BCUT2D eigenvalue weighted by Crippen LogP contribution is -2.50. The molecule has 0 saturated carbocycles. The first-order chi connectivity index (χ1) is 15.0. The lowest BCUT2D eigenvalue weighted by atomic mass is 10.1. The second kappa shape index (κ2) is 8.93. The highest BCUT2D eigenvalue weighted by atomic mass is 35.5. The van der Waals surface area contributed by atoms with Crippen molar-refractivity contribution in [3.63, 3.8) is 0 Å². The van der Waals surface area contributed by atoms with Crippen LogP contribution in [0.4, 0.5) is 4.79 Å². The first-order valence-corrected chi connectivity index (χ1v) is 10.6. The Morgan fingerprint density at radius 1 is 1.13 bits per heavy atom. The van der Waals surface area contributed by atoms with Gasteiger partial charge >= 0.3 is 6.09 Å². The van der Waals surface area contributed by atoms with Gasteiger partial charge in [-0.2, -0.15) is 5.10 Å². The summed E-state index contributed by atoms with van der Waals surface area (Å²) >= 11 is 6.47. The summed E-state index contributed by atoms with van der Waals surface area (Å²) in [5.74, 6) is -0.0896. The number of aromatic nitrogens is 3. The number of carbonyl (C=O) groups is 2. The molecule has 3 aromatic rings. The third-order valence-electron chi connectivity index (χ3n) is 5.26. The van der Waals surface area contributed by atoms with Crippen LogP contribution in [0.2, 0.25) is 5.02 Å². The Labute approximate surface area is 185 Å². The highest BCUT2D eigenvalue weighted by molar-refractivity contribution is 6.35. The first kappa shape index (κ1) is 21.1. The second-order valence-electron chi connectivity index (χ2n) is 7.52. The summed E-state index contributed by atoms with van der Waals surface area (Å²) in [4.78, 5) is 33.1. The number of piperazine rings is 1. The van der Waals surface area contributed by atoms with Crippen LogP contribution in [0.1, 0.15) is 23.7 Å². The maximum absolute atomic E-state index is 13.1. The van der Waals surface area contributed by atoms with Crippen LogP contribution in [-0.2, 0) is 11.8 Å². The summed E-state index contributed by atoms with van der Waals surface area (Å²) in [5.41, 5.74) is 2.75. The Hall–Kier alpha value is -3.13. The molecule has 0 unspecified atom stereocenters. The van der Waals surface area contributed by atoms with Crippen LogP contribution in [-0.4, -0.2) is 69.4 Å². The fraction of sp³-hybridized carbons (Fsp3) is 0.364.